The van der Waals surface area contributed by atoms with Gasteiger partial charge in [-0.25, -0.2) is 0 Å². The van der Waals surface area contributed by atoms with E-state index in [0.29, 0.717) is 9.81 Å². The summed E-state index contributed by atoms with van der Waals surface area (Å²) >= 11 is 4.65. The Bertz CT molecular complexity index is 232. The second-order valence-corrected chi connectivity index (χ2v) is 5.30. The third-order valence-corrected chi connectivity index (χ3v) is 4.56. The van der Waals surface area contributed by atoms with Crippen LogP contribution in [0.15, 0.2) is 9.81 Å². The minimum atomic E-state index is 0.572. The number of rotatable bonds is 0. The molecule has 2 nitrogen and oxygen atoms in total. The van der Waals surface area contributed by atoms with Gasteiger partial charge in [0.25, 0.3) is 0 Å². The van der Waals surface area contributed by atoms with Gasteiger partial charge < -0.3 is 0 Å². The molecule has 0 aromatic carbocycles. The Morgan fingerprint density at radius 2 is 1.45 bits per heavy atom. The molecule has 0 bridgehead atoms. The maximum absolute atomic E-state index is 8.62. The van der Waals surface area contributed by atoms with Crippen molar-refractivity contribution in [3.8, 4) is 12.1 Å². The molecule has 1 rings (SSSR count). The summed E-state index contributed by atoms with van der Waals surface area (Å²) in [7, 11) is 0. The van der Waals surface area contributed by atoms with Gasteiger partial charge in [-0.05, 0) is 0 Å². The lowest BCUT2D eigenvalue weighted by molar-refractivity contribution is 1.50. The molecular weight excluding hydrogens is 196 g/mol. The third kappa shape index (κ3) is 2.37. The molecule has 11 heavy (non-hydrogen) atoms. The first kappa shape index (κ1) is 8.86. The highest BCUT2D eigenvalue weighted by atomic mass is 32.2. The Hall–Kier alpha value is -0.230. The Morgan fingerprint density at radius 1 is 1.00 bits per heavy atom. The summed E-state index contributed by atoms with van der Waals surface area (Å²) in [6, 6.07) is 4.06. The Kier molecular flexibility index (Phi) is 3.71. The molecule has 5 heteroatoms. The summed E-state index contributed by atoms with van der Waals surface area (Å²) in [5.74, 6) is 0. The molecule has 0 spiro atoms. The van der Waals surface area contributed by atoms with E-state index in [2.05, 4.69) is 0 Å². The number of nitrogens with zero attached hydrogens (tertiary/aromatic N) is 2. The number of thioether (sulfide) groups is 3. The molecular formula is C6H4N2S3. The summed E-state index contributed by atoms with van der Waals surface area (Å²) in [5.41, 5.74) is 0. The zero-order valence-corrected chi connectivity index (χ0v) is 7.98. The first-order valence-electron chi connectivity index (χ1n) is 2.76. The first-order valence-corrected chi connectivity index (χ1v) is 5.89. The second kappa shape index (κ2) is 4.61. The lowest BCUT2D eigenvalue weighted by Crippen LogP contribution is -1.76. The van der Waals surface area contributed by atoms with Crippen molar-refractivity contribution in [2.45, 2.75) is 0 Å². The van der Waals surface area contributed by atoms with Crippen molar-refractivity contribution in [1.29, 1.82) is 10.5 Å². The molecule has 56 valence electrons. The van der Waals surface area contributed by atoms with E-state index in [4.69, 9.17) is 10.5 Å². The standard InChI is InChI=1S/C6H4N2S3/c7-1-5-6(2-8)11-4-9-3-10-5/h3-4H2. The van der Waals surface area contributed by atoms with Crippen molar-refractivity contribution in [2.24, 2.45) is 0 Å². The van der Waals surface area contributed by atoms with Crippen molar-refractivity contribution in [3.05, 3.63) is 9.81 Å². The average Bonchev–Trinajstić information content (AvgIpc) is 2.27. The van der Waals surface area contributed by atoms with Gasteiger partial charge in [-0.3, -0.25) is 0 Å². The van der Waals surface area contributed by atoms with Crippen LogP contribution in [0, 0.1) is 22.7 Å². The van der Waals surface area contributed by atoms with Crippen LogP contribution in [-0.2, 0) is 0 Å². The highest BCUT2D eigenvalue weighted by Crippen LogP contribution is 2.35. The van der Waals surface area contributed by atoms with Gasteiger partial charge in [0.05, 0.1) is 0 Å². The number of hydrogen-bond acceptors (Lipinski definition) is 5. The lowest BCUT2D eigenvalue weighted by atomic mass is 10.5. The predicted molar refractivity (Wildman–Crippen MR) is 50.8 cm³/mol. The second-order valence-electron chi connectivity index (χ2n) is 1.61. The molecule has 0 N–H and O–H groups in total. The Labute approximate surface area is 78.0 Å². The van der Waals surface area contributed by atoms with E-state index in [0.717, 1.165) is 10.2 Å². The van der Waals surface area contributed by atoms with E-state index >= 15 is 0 Å². The minimum Gasteiger partial charge on any atom is -0.192 e. The summed E-state index contributed by atoms with van der Waals surface area (Å²) in [5, 5.41) is 19.0. The first-order chi connectivity index (χ1) is 5.38. The van der Waals surface area contributed by atoms with E-state index in [-0.39, 0.29) is 0 Å². The molecule has 0 saturated carbocycles. The number of allylic oxidation sites excluding steroid dienone is 2. The predicted octanol–water partition coefficient (Wildman–Crippen LogP) is 2.37. The maximum Gasteiger partial charge on any atom is 0.110 e. The van der Waals surface area contributed by atoms with Crippen molar-refractivity contribution in [1.82, 2.24) is 0 Å². The van der Waals surface area contributed by atoms with Crippen molar-refractivity contribution < 1.29 is 0 Å². The van der Waals surface area contributed by atoms with Crippen LogP contribution < -0.4 is 0 Å². The van der Waals surface area contributed by atoms with Gasteiger partial charge in [-0.15, -0.1) is 35.3 Å². The molecule has 0 aromatic rings. The van der Waals surface area contributed by atoms with Gasteiger partial charge in [0.1, 0.15) is 21.9 Å². The van der Waals surface area contributed by atoms with E-state index < -0.39 is 0 Å². The van der Waals surface area contributed by atoms with E-state index in [1.54, 1.807) is 11.8 Å². The molecule has 0 radical (unpaired) electrons. The summed E-state index contributed by atoms with van der Waals surface area (Å²) in [6.07, 6.45) is 0. The fourth-order valence-electron chi connectivity index (χ4n) is 0.532. The zero-order chi connectivity index (χ0) is 8.10. The smallest absolute Gasteiger partial charge is 0.110 e. The molecule has 0 aliphatic carbocycles. The van der Waals surface area contributed by atoms with Crippen molar-refractivity contribution >= 4 is 35.3 Å². The highest BCUT2D eigenvalue weighted by molar-refractivity contribution is 8.26. The highest BCUT2D eigenvalue weighted by Gasteiger charge is 2.11. The Morgan fingerprint density at radius 3 is 1.82 bits per heavy atom. The van der Waals surface area contributed by atoms with Gasteiger partial charge in [0.15, 0.2) is 0 Å². The molecule has 1 aliphatic rings. The maximum atomic E-state index is 8.62. The van der Waals surface area contributed by atoms with Gasteiger partial charge in [-0.1, -0.05) is 0 Å². The average molecular weight is 200 g/mol. The fourth-order valence-corrected chi connectivity index (χ4v) is 3.86. The van der Waals surface area contributed by atoms with Crippen LogP contribution in [0.25, 0.3) is 0 Å². The van der Waals surface area contributed by atoms with E-state index in [9.17, 15) is 0 Å². The van der Waals surface area contributed by atoms with Crippen molar-refractivity contribution in [3.63, 3.8) is 0 Å². The number of nitriles is 2. The topological polar surface area (TPSA) is 47.6 Å². The largest absolute Gasteiger partial charge is 0.192 e. The van der Waals surface area contributed by atoms with Crippen LogP contribution in [0.3, 0.4) is 0 Å². The summed E-state index contributed by atoms with van der Waals surface area (Å²) in [6.45, 7) is 0. The van der Waals surface area contributed by atoms with Gasteiger partial charge in [0, 0.05) is 10.2 Å². The molecule has 1 heterocycles. The monoisotopic (exact) mass is 200 g/mol. The van der Waals surface area contributed by atoms with E-state index in [1.165, 1.54) is 23.5 Å². The van der Waals surface area contributed by atoms with Gasteiger partial charge in [0.2, 0.25) is 0 Å². The molecule has 0 fully saturated rings. The SMILES string of the molecule is N#CC1=C(C#N)SCSCS1. The third-order valence-electron chi connectivity index (χ3n) is 0.983. The lowest BCUT2D eigenvalue weighted by Gasteiger charge is -1.91. The van der Waals surface area contributed by atoms with Crippen LogP contribution >= 0.6 is 35.3 Å². The molecule has 1 aliphatic heterocycles. The minimum absolute atomic E-state index is 0.572. The van der Waals surface area contributed by atoms with Crippen LogP contribution in [0.1, 0.15) is 0 Å². The summed E-state index contributed by atoms with van der Waals surface area (Å²) < 4.78 is 0. The molecule has 0 unspecified atom stereocenters. The number of hydrogen-bond donors (Lipinski definition) is 0. The van der Waals surface area contributed by atoms with Crippen LogP contribution in [0.2, 0.25) is 0 Å². The Balaban J connectivity index is 2.85. The van der Waals surface area contributed by atoms with Crippen molar-refractivity contribution in [2.75, 3.05) is 10.2 Å². The van der Waals surface area contributed by atoms with E-state index in [1.807, 2.05) is 12.1 Å². The van der Waals surface area contributed by atoms with Crippen LogP contribution in [-0.4, -0.2) is 10.2 Å². The normalized spacial score (nSPS) is 18.4. The van der Waals surface area contributed by atoms with Gasteiger partial charge >= 0.3 is 0 Å². The summed E-state index contributed by atoms with van der Waals surface area (Å²) in [4.78, 5) is 1.14. The molecule has 0 aromatic heterocycles. The molecule has 0 amide bonds. The molecule has 0 saturated heterocycles. The van der Waals surface area contributed by atoms with Gasteiger partial charge in [-0.2, -0.15) is 10.5 Å². The molecule has 0 atom stereocenters. The quantitative estimate of drug-likeness (QED) is 0.601. The van der Waals surface area contributed by atoms with Crippen LogP contribution in [0.5, 0.6) is 0 Å². The zero-order valence-electron chi connectivity index (χ0n) is 5.53. The fraction of sp³-hybridized carbons (Fsp3) is 0.333. The van der Waals surface area contributed by atoms with Crippen LogP contribution in [0.4, 0.5) is 0 Å².